The number of carbonyl (C=O) groups excluding carboxylic acids is 2. The molecule has 0 aliphatic carbocycles. The van der Waals surface area contributed by atoms with E-state index in [0.717, 1.165) is 5.69 Å². The van der Waals surface area contributed by atoms with Gasteiger partial charge in [-0.25, -0.2) is 4.39 Å². The molecule has 1 N–H and O–H groups in total. The first kappa shape index (κ1) is 18.6. The SMILES string of the molecule is CCn1nc(C(C)C)cc1C(=O)Nc1cc(C(=O)N(C)C)ccc1F. The van der Waals surface area contributed by atoms with Gasteiger partial charge in [0.2, 0.25) is 0 Å². The molecule has 0 spiro atoms. The normalized spacial score (nSPS) is 10.8. The summed E-state index contributed by atoms with van der Waals surface area (Å²) < 4.78 is 15.6. The Morgan fingerprint density at radius 1 is 1.28 bits per heavy atom. The highest BCUT2D eigenvalue weighted by Gasteiger charge is 2.18. The van der Waals surface area contributed by atoms with Gasteiger partial charge in [-0.3, -0.25) is 14.3 Å². The van der Waals surface area contributed by atoms with Gasteiger partial charge in [0.1, 0.15) is 11.5 Å². The highest BCUT2D eigenvalue weighted by atomic mass is 19.1. The van der Waals surface area contributed by atoms with Crippen LogP contribution in [0.4, 0.5) is 10.1 Å². The molecular formula is C18H23FN4O2. The largest absolute Gasteiger partial charge is 0.345 e. The molecule has 134 valence electrons. The first-order valence-corrected chi connectivity index (χ1v) is 8.14. The van der Waals surface area contributed by atoms with Crippen LogP contribution in [0, 0.1) is 5.82 Å². The Bertz CT molecular complexity index is 796. The van der Waals surface area contributed by atoms with Crippen molar-refractivity contribution in [2.75, 3.05) is 19.4 Å². The number of benzene rings is 1. The van der Waals surface area contributed by atoms with E-state index >= 15 is 0 Å². The minimum Gasteiger partial charge on any atom is -0.345 e. The van der Waals surface area contributed by atoms with Gasteiger partial charge in [-0.1, -0.05) is 13.8 Å². The van der Waals surface area contributed by atoms with Crippen LogP contribution in [0.5, 0.6) is 0 Å². The zero-order chi connectivity index (χ0) is 18.7. The van der Waals surface area contributed by atoms with Gasteiger partial charge in [-0.2, -0.15) is 5.10 Å². The van der Waals surface area contributed by atoms with Crippen LogP contribution in [0.2, 0.25) is 0 Å². The van der Waals surface area contributed by atoms with Crippen molar-refractivity contribution in [1.82, 2.24) is 14.7 Å². The lowest BCUT2D eigenvalue weighted by molar-refractivity contribution is 0.0827. The van der Waals surface area contributed by atoms with Crippen molar-refractivity contribution >= 4 is 17.5 Å². The molecule has 0 unspecified atom stereocenters. The summed E-state index contributed by atoms with van der Waals surface area (Å²) in [6.07, 6.45) is 0. The first-order valence-electron chi connectivity index (χ1n) is 8.14. The summed E-state index contributed by atoms with van der Waals surface area (Å²) in [5, 5.41) is 6.93. The Morgan fingerprint density at radius 2 is 1.96 bits per heavy atom. The van der Waals surface area contributed by atoms with E-state index in [4.69, 9.17) is 0 Å². The van der Waals surface area contributed by atoms with Crippen molar-refractivity contribution in [3.8, 4) is 0 Å². The Labute approximate surface area is 146 Å². The van der Waals surface area contributed by atoms with E-state index in [1.165, 1.54) is 23.1 Å². The molecular weight excluding hydrogens is 323 g/mol. The molecule has 0 bridgehead atoms. The standard InChI is InChI=1S/C18H23FN4O2/c1-6-23-16(10-14(21-23)11(2)3)17(24)20-15-9-12(7-8-13(15)19)18(25)22(4)5/h7-11H,6H2,1-5H3,(H,20,24). The lowest BCUT2D eigenvalue weighted by Crippen LogP contribution is -2.22. The summed E-state index contributed by atoms with van der Waals surface area (Å²) in [5.41, 5.74) is 1.42. The summed E-state index contributed by atoms with van der Waals surface area (Å²) in [4.78, 5) is 26.0. The van der Waals surface area contributed by atoms with Gasteiger partial charge in [0.05, 0.1) is 11.4 Å². The lowest BCUT2D eigenvalue weighted by Gasteiger charge is -2.12. The van der Waals surface area contributed by atoms with Gasteiger partial charge in [0.25, 0.3) is 11.8 Å². The maximum absolute atomic E-state index is 14.1. The van der Waals surface area contributed by atoms with Crippen molar-refractivity contribution in [2.45, 2.75) is 33.2 Å². The fourth-order valence-corrected chi connectivity index (χ4v) is 2.34. The zero-order valence-corrected chi connectivity index (χ0v) is 15.1. The molecule has 0 saturated carbocycles. The van der Waals surface area contributed by atoms with Crippen molar-refractivity contribution in [3.05, 3.63) is 47.0 Å². The van der Waals surface area contributed by atoms with Crippen LogP contribution in [0.3, 0.4) is 0 Å². The number of nitrogens with zero attached hydrogens (tertiary/aromatic N) is 3. The molecule has 0 fully saturated rings. The zero-order valence-electron chi connectivity index (χ0n) is 15.1. The van der Waals surface area contributed by atoms with Crippen LogP contribution in [0.25, 0.3) is 0 Å². The van der Waals surface area contributed by atoms with Crippen molar-refractivity contribution in [3.63, 3.8) is 0 Å². The highest BCUT2D eigenvalue weighted by Crippen LogP contribution is 2.20. The molecule has 1 aromatic heterocycles. The van der Waals surface area contributed by atoms with E-state index < -0.39 is 11.7 Å². The average Bonchev–Trinajstić information content (AvgIpc) is 3.00. The number of rotatable bonds is 5. The molecule has 2 aromatic rings. The monoisotopic (exact) mass is 346 g/mol. The van der Waals surface area contributed by atoms with E-state index in [2.05, 4.69) is 10.4 Å². The first-order chi connectivity index (χ1) is 11.7. The number of amides is 2. The van der Waals surface area contributed by atoms with Crippen LogP contribution in [0.1, 0.15) is 53.2 Å². The van der Waals surface area contributed by atoms with E-state index in [1.807, 2.05) is 20.8 Å². The second-order valence-corrected chi connectivity index (χ2v) is 6.27. The quantitative estimate of drug-likeness (QED) is 0.904. The molecule has 25 heavy (non-hydrogen) atoms. The molecule has 7 heteroatoms. The minimum absolute atomic E-state index is 0.0346. The molecule has 2 rings (SSSR count). The Hall–Kier alpha value is -2.70. The number of aryl methyl sites for hydroxylation is 1. The number of hydrogen-bond acceptors (Lipinski definition) is 3. The van der Waals surface area contributed by atoms with E-state index in [9.17, 15) is 14.0 Å². The van der Waals surface area contributed by atoms with Gasteiger partial charge in [0, 0.05) is 26.2 Å². The van der Waals surface area contributed by atoms with Crippen molar-refractivity contribution in [1.29, 1.82) is 0 Å². The van der Waals surface area contributed by atoms with Crippen LogP contribution < -0.4 is 5.32 Å². The molecule has 2 amide bonds. The van der Waals surface area contributed by atoms with E-state index in [1.54, 1.807) is 24.8 Å². The Kier molecular flexibility index (Phi) is 5.56. The number of anilines is 1. The smallest absolute Gasteiger partial charge is 0.274 e. The van der Waals surface area contributed by atoms with Gasteiger partial charge < -0.3 is 10.2 Å². The third-order valence-electron chi connectivity index (χ3n) is 3.79. The number of hydrogen-bond donors (Lipinski definition) is 1. The van der Waals surface area contributed by atoms with Gasteiger partial charge in [-0.15, -0.1) is 0 Å². The van der Waals surface area contributed by atoms with Crippen molar-refractivity contribution in [2.24, 2.45) is 0 Å². The summed E-state index contributed by atoms with van der Waals surface area (Å²) in [7, 11) is 3.22. The second kappa shape index (κ2) is 7.46. The van der Waals surface area contributed by atoms with Gasteiger partial charge in [-0.05, 0) is 37.1 Å². The molecule has 0 saturated heterocycles. The maximum Gasteiger partial charge on any atom is 0.274 e. The van der Waals surface area contributed by atoms with E-state index in [0.29, 0.717) is 17.8 Å². The Balaban J connectivity index is 2.32. The number of carbonyl (C=O) groups is 2. The third-order valence-corrected chi connectivity index (χ3v) is 3.79. The fourth-order valence-electron chi connectivity index (χ4n) is 2.34. The van der Waals surface area contributed by atoms with Crippen LogP contribution in [-0.4, -0.2) is 40.6 Å². The van der Waals surface area contributed by atoms with Crippen LogP contribution >= 0.6 is 0 Å². The predicted octanol–water partition coefficient (Wildman–Crippen LogP) is 3.12. The van der Waals surface area contributed by atoms with E-state index in [-0.39, 0.29) is 17.5 Å². The molecule has 0 atom stereocenters. The third kappa shape index (κ3) is 4.04. The van der Waals surface area contributed by atoms with Gasteiger partial charge >= 0.3 is 0 Å². The molecule has 6 nitrogen and oxygen atoms in total. The molecule has 1 heterocycles. The van der Waals surface area contributed by atoms with Crippen LogP contribution in [-0.2, 0) is 6.54 Å². The number of nitrogens with one attached hydrogen (secondary N) is 1. The summed E-state index contributed by atoms with van der Waals surface area (Å²) >= 11 is 0. The lowest BCUT2D eigenvalue weighted by atomic mass is 10.1. The minimum atomic E-state index is -0.602. The Morgan fingerprint density at radius 3 is 2.52 bits per heavy atom. The number of aromatic nitrogens is 2. The summed E-state index contributed by atoms with van der Waals surface area (Å²) in [6, 6.07) is 5.60. The highest BCUT2D eigenvalue weighted by molar-refractivity contribution is 6.04. The van der Waals surface area contributed by atoms with Crippen LogP contribution in [0.15, 0.2) is 24.3 Å². The molecule has 0 radical (unpaired) electrons. The number of halogens is 1. The average molecular weight is 346 g/mol. The molecule has 1 aromatic carbocycles. The van der Waals surface area contributed by atoms with Crippen molar-refractivity contribution < 1.29 is 14.0 Å². The second-order valence-electron chi connectivity index (χ2n) is 6.27. The predicted molar refractivity (Wildman–Crippen MR) is 94.4 cm³/mol. The summed E-state index contributed by atoms with van der Waals surface area (Å²) in [6.45, 7) is 6.38. The molecule has 0 aliphatic heterocycles. The molecule has 0 aliphatic rings. The topological polar surface area (TPSA) is 67.2 Å². The fraction of sp³-hybridized carbons (Fsp3) is 0.389. The maximum atomic E-state index is 14.1. The van der Waals surface area contributed by atoms with Gasteiger partial charge in [0.15, 0.2) is 0 Å². The summed E-state index contributed by atoms with van der Waals surface area (Å²) in [5.74, 6) is -1.15.